The fourth-order valence-electron chi connectivity index (χ4n) is 4.90. The number of hydrogen-bond acceptors (Lipinski definition) is 11. The van der Waals surface area contributed by atoms with Crippen molar-refractivity contribution in [2.45, 2.75) is 58.3 Å². The highest BCUT2D eigenvalue weighted by molar-refractivity contribution is 6.06. The van der Waals surface area contributed by atoms with E-state index in [1.165, 1.54) is 0 Å². The highest BCUT2D eigenvalue weighted by Gasteiger charge is 2.65. The van der Waals surface area contributed by atoms with Crippen LogP contribution in [0.2, 0.25) is 0 Å². The zero-order chi connectivity index (χ0) is 29.6. The summed E-state index contributed by atoms with van der Waals surface area (Å²) in [5, 5.41) is 3.29. The number of benzene rings is 1. The molecule has 2 aromatic rings. The topological polar surface area (TPSA) is 130 Å². The molecule has 1 aromatic heterocycles. The van der Waals surface area contributed by atoms with Crippen LogP contribution < -0.4 is 14.8 Å². The Morgan fingerprint density at radius 2 is 1.63 bits per heavy atom. The van der Waals surface area contributed by atoms with Gasteiger partial charge in [0.25, 0.3) is 0 Å². The number of nitrogens with one attached hydrogen (secondary N) is 1. The number of imide groups is 1. The molecule has 2 spiro atoms. The maximum absolute atomic E-state index is 13.3. The molecule has 5 rings (SSSR count). The van der Waals surface area contributed by atoms with Crippen LogP contribution >= 0.6 is 0 Å². The van der Waals surface area contributed by atoms with E-state index in [1.807, 2.05) is 24.3 Å². The van der Waals surface area contributed by atoms with Gasteiger partial charge >= 0.3 is 18.2 Å². The zero-order valence-corrected chi connectivity index (χ0v) is 24.4. The van der Waals surface area contributed by atoms with Gasteiger partial charge in [0, 0.05) is 17.4 Å². The number of ether oxygens (including phenoxy) is 6. The fourth-order valence-corrected chi connectivity index (χ4v) is 4.90. The van der Waals surface area contributed by atoms with Crippen molar-refractivity contribution in [1.82, 2.24) is 9.88 Å². The van der Waals surface area contributed by atoms with Crippen LogP contribution in [-0.2, 0) is 24.5 Å². The molecule has 0 aliphatic carbocycles. The van der Waals surface area contributed by atoms with Gasteiger partial charge in [-0.2, -0.15) is 0 Å². The van der Waals surface area contributed by atoms with Crippen LogP contribution in [0, 0.1) is 5.41 Å². The first kappa shape index (κ1) is 28.5. The van der Waals surface area contributed by atoms with E-state index in [1.54, 1.807) is 60.9 Å². The standard InChI is InChI=1S/C29H36N4O8/c1-26(2,3)40-24(34)33(25(35)41-27(4,5)6)23-32-29(17-39-23)19-13-18(31-22-21(36-7)9-8-12-30-22)10-11-20(19)38-16-28(29)14-37-15-28/h8-13H,14-17H2,1-7H3,(H,30,31). The third-order valence-corrected chi connectivity index (χ3v) is 6.86. The summed E-state index contributed by atoms with van der Waals surface area (Å²) in [7, 11) is 1.57. The van der Waals surface area contributed by atoms with Gasteiger partial charge in [0.1, 0.15) is 35.7 Å². The number of aliphatic imine (C=N–C) groups is 1. The van der Waals surface area contributed by atoms with Crippen molar-refractivity contribution in [2.24, 2.45) is 10.4 Å². The number of carbonyl (C=O) groups is 2. The van der Waals surface area contributed by atoms with Crippen molar-refractivity contribution >= 4 is 29.7 Å². The van der Waals surface area contributed by atoms with Crippen molar-refractivity contribution in [2.75, 3.05) is 38.9 Å². The van der Waals surface area contributed by atoms with Crippen LogP contribution in [0.4, 0.5) is 21.1 Å². The Morgan fingerprint density at radius 3 is 2.22 bits per heavy atom. The van der Waals surface area contributed by atoms with Gasteiger partial charge in [-0.25, -0.2) is 19.6 Å². The Hall–Kier alpha value is -4.06. The molecule has 3 aliphatic rings. The van der Waals surface area contributed by atoms with Gasteiger partial charge < -0.3 is 33.7 Å². The average molecular weight is 569 g/mol. The molecule has 4 heterocycles. The predicted molar refractivity (Wildman–Crippen MR) is 149 cm³/mol. The largest absolute Gasteiger partial charge is 0.493 e. The first-order valence-electron chi connectivity index (χ1n) is 13.4. The fraction of sp³-hybridized carbons (Fsp3) is 0.517. The van der Waals surface area contributed by atoms with Crippen LogP contribution in [0.5, 0.6) is 11.5 Å². The lowest BCUT2D eigenvalue weighted by Crippen LogP contribution is -2.63. The molecule has 220 valence electrons. The lowest BCUT2D eigenvalue weighted by molar-refractivity contribution is -0.185. The van der Waals surface area contributed by atoms with Gasteiger partial charge in [0.2, 0.25) is 0 Å². The summed E-state index contributed by atoms with van der Waals surface area (Å²) >= 11 is 0. The van der Waals surface area contributed by atoms with E-state index in [0.29, 0.717) is 47.7 Å². The molecule has 1 aromatic carbocycles. The Balaban J connectivity index is 1.58. The van der Waals surface area contributed by atoms with E-state index in [9.17, 15) is 9.59 Å². The minimum absolute atomic E-state index is 0.0422. The summed E-state index contributed by atoms with van der Waals surface area (Å²) in [5.41, 5.74) is -1.94. The van der Waals surface area contributed by atoms with Crippen LogP contribution in [0.15, 0.2) is 41.5 Å². The van der Waals surface area contributed by atoms with Crippen LogP contribution in [0.3, 0.4) is 0 Å². The number of carbonyl (C=O) groups excluding carboxylic acids is 2. The first-order chi connectivity index (χ1) is 19.3. The maximum Gasteiger partial charge on any atom is 0.428 e. The number of anilines is 2. The number of aromatic nitrogens is 1. The minimum atomic E-state index is -1.03. The molecule has 41 heavy (non-hydrogen) atoms. The third kappa shape index (κ3) is 5.35. The van der Waals surface area contributed by atoms with Crippen molar-refractivity contribution in [3.05, 3.63) is 42.1 Å². The minimum Gasteiger partial charge on any atom is -0.493 e. The van der Waals surface area contributed by atoms with Gasteiger partial charge in [-0.3, -0.25) is 0 Å². The first-order valence-corrected chi connectivity index (χ1v) is 13.4. The van der Waals surface area contributed by atoms with Crippen LogP contribution in [0.25, 0.3) is 0 Å². The summed E-state index contributed by atoms with van der Waals surface area (Å²) in [5.74, 6) is 1.72. The van der Waals surface area contributed by atoms with Gasteiger partial charge in [-0.1, -0.05) is 0 Å². The molecule has 2 amide bonds. The lowest BCUT2D eigenvalue weighted by atomic mass is 9.64. The van der Waals surface area contributed by atoms with E-state index < -0.39 is 34.3 Å². The van der Waals surface area contributed by atoms with Gasteiger partial charge in [-0.05, 0) is 71.9 Å². The second-order valence-electron chi connectivity index (χ2n) is 12.3. The van der Waals surface area contributed by atoms with Crippen molar-refractivity contribution in [1.29, 1.82) is 0 Å². The molecule has 3 aliphatic heterocycles. The number of methoxy groups -OCH3 is 1. The highest BCUT2D eigenvalue weighted by Crippen LogP contribution is 2.56. The van der Waals surface area contributed by atoms with E-state index in [4.69, 9.17) is 33.4 Å². The summed E-state index contributed by atoms with van der Waals surface area (Å²) in [6.07, 6.45) is -0.240. The molecule has 0 saturated carbocycles. The molecule has 12 heteroatoms. The number of rotatable bonds is 3. The molecule has 12 nitrogen and oxygen atoms in total. The van der Waals surface area contributed by atoms with Crippen LogP contribution in [-0.4, -0.2) is 72.8 Å². The number of amidine groups is 1. The molecular weight excluding hydrogens is 532 g/mol. The van der Waals surface area contributed by atoms with Crippen molar-refractivity contribution in [3.63, 3.8) is 0 Å². The summed E-state index contributed by atoms with van der Waals surface area (Å²) in [6, 6.07) is 9.00. The summed E-state index contributed by atoms with van der Waals surface area (Å²) < 4.78 is 34.4. The Morgan fingerprint density at radius 1 is 0.951 bits per heavy atom. The van der Waals surface area contributed by atoms with Crippen molar-refractivity contribution < 1.29 is 38.0 Å². The molecule has 1 fully saturated rings. The Bertz CT molecular complexity index is 1350. The lowest BCUT2D eigenvalue weighted by Gasteiger charge is -2.53. The number of nitrogens with zero attached hydrogens (tertiary/aromatic N) is 3. The number of fused-ring (bicyclic) bond motifs is 3. The third-order valence-electron chi connectivity index (χ3n) is 6.86. The van der Waals surface area contributed by atoms with Gasteiger partial charge in [0.15, 0.2) is 11.6 Å². The van der Waals surface area contributed by atoms with Gasteiger partial charge in [0.05, 0.1) is 25.7 Å². The molecule has 1 atom stereocenters. The molecular formula is C29H36N4O8. The summed E-state index contributed by atoms with van der Waals surface area (Å²) in [6.45, 7) is 11.3. The Kier molecular flexibility index (Phi) is 7.01. The monoisotopic (exact) mass is 568 g/mol. The van der Waals surface area contributed by atoms with E-state index in [2.05, 4.69) is 10.3 Å². The predicted octanol–water partition coefficient (Wildman–Crippen LogP) is 5.00. The molecule has 1 N–H and O–H groups in total. The maximum atomic E-state index is 13.3. The van der Waals surface area contributed by atoms with Crippen LogP contribution in [0.1, 0.15) is 47.1 Å². The quantitative estimate of drug-likeness (QED) is 0.540. The second-order valence-corrected chi connectivity index (χ2v) is 12.3. The average Bonchev–Trinajstić information content (AvgIpc) is 3.27. The number of hydrogen-bond donors (Lipinski definition) is 1. The smallest absolute Gasteiger partial charge is 0.428 e. The van der Waals surface area contributed by atoms with Crippen molar-refractivity contribution in [3.8, 4) is 11.5 Å². The second kappa shape index (κ2) is 10.1. The van der Waals surface area contributed by atoms with E-state index >= 15 is 0 Å². The number of amides is 2. The Labute approximate surface area is 238 Å². The number of pyridine rings is 1. The summed E-state index contributed by atoms with van der Waals surface area (Å²) in [4.78, 5) is 36.7. The van der Waals surface area contributed by atoms with E-state index in [0.717, 1.165) is 5.56 Å². The SMILES string of the molecule is COc1cccnc1Nc1ccc2c(c1)C1(COC(N(C(=O)OC(C)(C)C)C(=O)OC(C)(C)C)=N1)C1(COC1)CO2. The van der Waals surface area contributed by atoms with Gasteiger partial charge in [-0.15, -0.1) is 4.90 Å². The van der Waals surface area contributed by atoms with E-state index in [-0.39, 0.29) is 12.6 Å². The molecule has 1 saturated heterocycles. The normalized spacial score (nSPS) is 20.6. The zero-order valence-electron chi connectivity index (χ0n) is 24.4. The highest BCUT2D eigenvalue weighted by atomic mass is 16.6. The molecule has 0 bridgehead atoms. The molecule has 0 radical (unpaired) electrons. The molecule has 1 unspecified atom stereocenters.